The highest BCUT2D eigenvalue weighted by atomic mass is 19.3. The molecular formula is C21H21F3N4O4. The number of benzene rings is 1. The number of nitrogens with one attached hydrogen (secondary N) is 2. The molecular weight excluding hydrogens is 429 g/mol. The Kier molecular flexibility index (Phi) is 5.68. The van der Waals surface area contributed by atoms with Crippen LogP contribution in [0.15, 0.2) is 34.1 Å². The number of halogens is 3. The van der Waals surface area contributed by atoms with Gasteiger partial charge >= 0.3 is 0 Å². The Hall–Kier alpha value is -3.34. The zero-order valence-electron chi connectivity index (χ0n) is 16.9. The van der Waals surface area contributed by atoms with Crippen LogP contribution in [0.2, 0.25) is 0 Å². The third kappa shape index (κ3) is 3.95. The number of hydrogen-bond acceptors (Lipinski definition) is 6. The second kappa shape index (κ2) is 8.30. The van der Waals surface area contributed by atoms with Crippen molar-refractivity contribution in [1.82, 2.24) is 9.88 Å². The molecule has 3 heterocycles. The molecule has 1 amide bonds. The van der Waals surface area contributed by atoms with Crippen molar-refractivity contribution in [3.8, 4) is 5.75 Å². The molecule has 4 rings (SSSR count). The van der Waals surface area contributed by atoms with Crippen molar-refractivity contribution in [3.63, 3.8) is 0 Å². The molecule has 2 aliphatic rings. The number of aliphatic imine (C=N–C) groups is 1. The SMILES string of the molecule is O=C(NCCO)c1c(O)c2c3n(c1=O)CC(F)(F)CN=C3C(Cc1ccc(F)cc1)CN2. The number of anilines is 1. The maximum atomic E-state index is 14.5. The van der Waals surface area contributed by atoms with Crippen LogP contribution < -0.4 is 16.2 Å². The number of carbonyl (C=O) groups is 1. The van der Waals surface area contributed by atoms with Gasteiger partial charge in [-0.05, 0) is 24.1 Å². The molecule has 1 unspecified atom stereocenters. The first-order chi connectivity index (χ1) is 15.2. The van der Waals surface area contributed by atoms with Gasteiger partial charge in [-0.15, -0.1) is 0 Å². The maximum absolute atomic E-state index is 14.5. The quantitative estimate of drug-likeness (QED) is 0.545. The molecule has 1 aromatic carbocycles. The molecule has 8 nitrogen and oxygen atoms in total. The molecule has 0 bridgehead atoms. The summed E-state index contributed by atoms with van der Waals surface area (Å²) in [6.45, 7) is -2.24. The molecule has 0 radical (unpaired) electrons. The van der Waals surface area contributed by atoms with E-state index in [4.69, 9.17) is 5.11 Å². The summed E-state index contributed by atoms with van der Waals surface area (Å²) >= 11 is 0. The van der Waals surface area contributed by atoms with E-state index in [2.05, 4.69) is 15.6 Å². The fourth-order valence-corrected chi connectivity index (χ4v) is 4.03. The number of pyridine rings is 1. The smallest absolute Gasteiger partial charge is 0.284 e. The van der Waals surface area contributed by atoms with Crippen molar-refractivity contribution >= 4 is 17.3 Å². The van der Waals surface area contributed by atoms with Gasteiger partial charge in [-0.25, -0.2) is 13.2 Å². The van der Waals surface area contributed by atoms with E-state index >= 15 is 0 Å². The third-order valence-corrected chi connectivity index (χ3v) is 5.48. The van der Waals surface area contributed by atoms with Crippen LogP contribution in [0, 0.1) is 11.7 Å². The van der Waals surface area contributed by atoms with Crippen LogP contribution in [0.5, 0.6) is 5.75 Å². The van der Waals surface area contributed by atoms with Gasteiger partial charge in [0, 0.05) is 19.0 Å². The highest BCUT2D eigenvalue weighted by Crippen LogP contribution is 2.38. The topological polar surface area (TPSA) is 116 Å². The van der Waals surface area contributed by atoms with Crippen LogP contribution in [0.25, 0.3) is 0 Å². The highest BCUT2D eigenvalue weighted by Gasteiger charge is 2.41. The summed E-state index contributed by atoms with van der Waals surface area (Å²) in [4.78, 5) is 29.5. The van der Waals surface area contributed by atoms with E-state index in [-0.39, 0.29) is 30.2 Å². The van der Waals surface area contributed by atoms with Gasteiger partial charge in [0.15, 0.2) is 5.75 Å². The van der Waals surface area contributed by atoms with Crippen LogP contribution in [0.1, 0.15) is 21.6 Å². The Balaban J connectivity index is 1.83. The lowest BCUT2D eigenvalue weighted by Gasteiger charge is -2.30. The summed E-state index contributed by atoms with van der Waals surface area (Å²) in [5.74, 6) is -5.82. The van der Waals surface area contributed by atoms with E-state index in [1.165, 1.54) is 12.1 Å². The first-order valence-electron chi connectivity index (χ1n) is 10.0. The molecule has 170 valence electrons. The van der Waals surface area contributed by atoms with E-state index in [1.54, 1.807) is 12.1 Å². The fraction of sp³-hybridized carbons (Fsp3) is 0.381. The maximum Gasteiger partial charge on any atom is 0.284 e. The first kappa shape index (κ1) is 21.9. The predicted molar refractivity (Wildman–Crippen MR) is 110 cm³/mol. The number of rotatable bonds is 5. The number of nitrogens with zero attached hydrogens (tertiary/aromatic N) is 2. The monoisotopic (exact) mass is 450 g/mol. The minimum atomic E-state index is -3.35. The Morgan fingerprint density at radius 1 is 1.31 bits per heavy atom. The molecule has 2 aliphatic heterocycles. The molecule has 11 heteroatoms. The van der Waals surface area contributed by atoms with Gasteiger partial charge in [0.2, 0.25) is 0 Å². The second-order valence-electron chi connectivity index (χ2n) is 7.78. The van der Waals surface area contributed by atoms with Gasteiger partial charge in [-0.2, -0.15) is 0 Å². The van der Waals surface area contributed by atoms with Gasteiger partial charge in [0.25, 0.3) is 17.4 Å². The minimum absolute atomic E-state index is 0.0155. The molecule has 0 aliphatic carbocycles. The van der Waals surface area contributed by atoms with E-state index < -0.39 is 60.1 Å². The molecule has 1 aromatic heterocycles. The largest absolute Gasteiger partial charge is 0.505 e. The fourth-order valence-electron chi connectivity index (χ4n) is 4.03. The Morgan fingerprint density at radius 3 is 2.72 bits per heavy atom. The van der Waals surface area contributed by atoms with Crippen LogP contribution in [0.4, 0.5) is 18.9 Å². The van der Waals surface area contributed by atoms with Gasteiger partial charge < -0.3 is 20.8 Å². The zero-order chi connectivity index (χ0) is 23.0. The van der Waals surface area contributed by atoms with Crippen molar-refractivity contribution in [3.05, 3.63) is 57.3 Å². The number of aromatic nitrogens is 1. The average molecular weight is 450 g/mol. The normalized spacial score (nSPS) is 18.8. The predicted octanol–water partition coefficient (Wildman–Crippen LogP) is 1.14. The molecule has 32 heavy (non-hydrogen) atoms. The van der Waals surface area contributed by atoms with Crippen molar-refractivity contribution < 1.29 is 28.2 Å². The molecule has 0 fully saturated rings. The lowest BCUT2D eigenvalue weighted by atomic mass is 9.88. The molecule has 4 N–H and O–H groups in total. The van der Waals surface area contributed by atoms with Crippen molar-refractivity contribution in [1.29, 1.82) is 0 Å². The molecule has 0 spiro atoms. The molecule has 2 aromatic rings. The number of alkyl halides is 2. The lowest BCUT2D eigenvalue weighted by Crippen LogP contribution is -2.42. The van der Waals surface area contributed by atoms with E-state index in [9.17, 15) is 27.9 Å². The van der Waals surface area contributed by atoms with Crippen molar-refractivity contribution in [2.24, 2.45) is 10.9 Å². The van der Waals surface area contributed by atoms with Crippen molar-refractivity contribution in [2.45, 2.75) is 18.9 Å². The average Bonchev–Trinajstić information content (AvgIpc) is 2.90. The number of hydrogen-bond donors (Lipinski definition) is 4. The summed E-state index contributed by atoms with van der Waals surface area (Å²) in [5, 5.41) is 24.8. The van der Waals surface area contributed by atoms with Gasteiger partial charge in [0.1, 0.15) is 23.6 Å². The van der Waals surface area contributed by atoms with Crippen molar-refractivity contribution in [2.75, 3.05) is 31.6 Å². The van der Waals surface area contributed by atoms with Crippen LogP contribution in [0.3, 0.4) is 0 Å². The number of aliphatic hydroxyl groups excluding tert-OH is 1. The first-order valence-corrected chi connectivity index (χ1v) is 10.0. The lowest BCUT2D eigenvalue weighted by molar-refractivity contribution is -0.00579. The standard InChI is InChI=1S/C21H21F3N4O4/c22-13-3-1-11(2-4-13)7-12-8-26-16-17-15(12)27-9-21(23,24)10-28(17)20(32)14(18(16)30)19(31)25-5-6-29/h1-4,12,26,29-30H,5-10H2,(H,25,31). The van der Waals surface area contributed by atoms with Gasteiger partial charge in [-0.1, -0.05) is 12.1 Å². The van der Waals surface area contributed by atoms with Gasteiger partial charge in [-0.3, -0.25) is 19.1 Å². The Morgan fingerprint density at radius 2 is 2.03 bits per heavy atom. The number of carbonyl (C=O) groups excluding carboxylic acids is 1. The summed E-state index contributed by atoms with van der Waals surface area (Å²) in [7, 11) is 0. The van der Waals surface area contributed by atoms with E-state index in [0.29, 0.717) is 6.42 Å². The summed E-state index contributed by atoms with van der Waals surface area (Å²) < 4.78 is 43.0. The van der Waals surface area contributed by atoms with Gasteiger partial charge in [0.05, 0.1) is 24.6 Å². The summed E-state index contributed by atoms with van der Waals surface area (Å²) in [6, 6.07) is 5.74. The van der Waals surface area contributed by atoms with E-state index in [0.717, 1.165) is 10.1 Å². The van der Waals surface area contributed by atoms with E-state index in [1.807, 2.05) is 0 Å². The second-order valence-corrected chi connectivity index (χ2v) is 7.78. The summed E-state index contributed by atoms with van der Waals surface area (Å²) in [5.41, 5.74) is -0.797. The third-order valence-electron chi connectivity index (χ3n) is 5.48. The minimum Gasteiger partial charge on any atom is -0.505 e. The molecule has 1 atom stereocenters. The molecule has 0 saturated heterocycles. The highest BCUT2D eigenvalue weighted by molar-refractivity contribution is 6.10. The number of aliphatic hydroxyl groups is 1. The van der Waals surface area contributed by atoms with Crippen LogP contribution in [-0.4, -0.2) is 58.6 Å². The van der Waals surface area contributed by atoms with Crippen LogP contribution in [-0.2, 0) is 13.0 Å². The molecule has 0 saturated carbocycles. The number of aromatic hydroxyl groups is 1. The Bertz CT molecular complexity index is 1150. The van der Waals surface area contributed by atoms with Crippen LogP contribution >= 0.6 is 0 Å². The number of amides is 1. The summed E-state index contributed by atoms with van der Waals surface area (Å²) in [6.07, 6.45) is 0.338. The Labute approximate surface area is 180 Å². The zero-order valence-corrected chi connectivity index (χ0v) is 16.9.